The molecule has 2 heteroatoms. The van der Waals surface area contributed by atoms with E-state index < -0.39 is 5.60 Å². The summed E-state index contributed by atoms with van der Waals surface area (Å²) in [5, 5.41) is 12.8. The zero-order chi connectivity index (χ0) is 8.74. The molecular formula is C9H21NO. The molecule has 2 N–H and O–H groups in total. The fraction of sp³-hybridized carbons (Fsp3) is 1.00. The van der Waals surface area contributed by atoms with Crippen LogP contribution in [0.4, 0.5) is 0 Å². The summed E-state index contributed by atoms with van der Waals surface area (Å²) in [4.78, 5) is 0. The molecule has 11 heavy (non-hydrogen) atoms. The average Bonchev–Trinajstić information content (AvgIpc) is 1.97. The quantitative estimate of drug-likeness (QED) is 0.616. The largest absolute Gasteiger partial charge is 0.390 e. The third-order valence-corrected chi connectivity index (χ3v) is 1.98. The van der Waals surface area contributed by atoms with Crippen molar-refractivity contribution in [1.82, 2.24) is 5.32 Å². The Kier molecular flexibility index (Phi) is 5.51. The second-order valence-electron chi connectivity index (χ2n) is 3.45. The van der Waals surface area contributed by atoms with E-state index in [9.17, 15) is 5.11 Å². The second-order valence-corrected chi connectivity index (χ2v) is 3.45. The van der Waals surface area contributed by atoms with Crippen molar-refractivity contribution in [3.63, 3.8) is 0 Å². The Morgan fingerprint density at radius 1 is 1.36 bits per heavy atom. The van der Waals surface area contributed by atoms with E-state index in [0.717, 1.165) is 32.2 Å². The van der Waals surface area contributed by atoms with Gasteiger partial charge in [-0.2, -0.15) is 0 Å². The molecule has 0 saturated carbocycles. The average molecular weight is 159 g/mol. The Balaban J connectivity index is 3.43. The standard InChI is InChI=1S/C9H21NO/c1-4-5-6-9(2,11)7-8-10-3/h10-11H,4-8H2,1-3H3. The van der Waals surface area contributed by atoms with E-state index >= 15 is 0 Å². The van der Waals surface area contributed by atoms with Crippen LogP contribution in [-0.2, 0) is 0 Å². The van der Waals surface area contributed by atoms with Crippen molar-refractivity contribution in [2.45, 2.75) is 45.1 Å². The minimum atomic E-state index is -0.459. The molecule has 68 valence electrons. The van der Waals surface area contributed by atoms with E-state index in [1.807, 2.05) is 14.0 Å². The maximum absolute atomic E-state index is 9.74. The van der Waals surface area contributed by atoms with Gasteiger partial charge in [-0.3, -0.25) is 0 Å². The highest BCUT2D eigenvalue weighted by Gasteiger charge is 2.17. The number of rotatable bonds is 6. The predicted octanol–water partition coefficient (Wildman–Crippen LogP) is 1.54. The fourth-order valence-electron chi connectivity index (χ4n) is 1.08. The van der Waals surface area contributed by atoms with Crippen LogP contribution in [0.5, 0.6) is 0 Å². The van der Waals surface area contributed by atoms with Crippen LogP contribution in [0.1, 0.15) is 39.5 Å². The number of unbranched alkanes of at least 4 members (excludes halogenated alkanes) is 1. The summed E-state index contributed by atoms with van der Waals surface area (Å²) in [7, 11) is 1.91. The summed E-state index contributed by atoms with van der Waals surface area (Å²) in [6.45, 7) is 4.96. The van der Waals surface area contributed by atoms with Crippen LogP contribution >= 0.6 is 0 Å². The SMILES string of the molecule is CCCCC(C)(O)CCNC. The van der Waals surface area contributed by atoms with Crippen LogP contribution in [0.15, 0.2) is 0 Å². The Morgan fingerprint density at radius 2 is 2.00 bits per heavy atom. The first-order valence-electron chi connectivity index (χ1n) is 4.49. The molecular weight excluding hydrogens is 138 g/mol. The van der Waals surface area contributed by atoms with Crippen molar-refractivity contribution in [1.29, 1.82) is 0 Å². The third-order valence-electron chi connectivity index (χ3n) is 1.98. The van der Waals surface area contributed by atoms with E-state index in [2.05, 4.69) is 12.2 Å². The molecule has 1 atom stereocenters. The van der Waals surface area contributed by atoms with Crippen molar-refractivity contribution in [2.24, 2.45) is 0 Å². The number of hydrogen-bond donors (Lipinski definition) is 2. The molecule has 0 aromatic rings. The van der Waals surface area contributed by atoms with Gasteiger partial charge in [-0.1, -0.05) is 19.8 Å². The topological polar surface area (TPSA) is 32.3 Å². The van der Waals surface area contributed by atoms with Crippen molar-refractivity contribution in [2.75, 3.05) is 13.6 Å². The monoisotopic (exact) mass is 159 g/mol. The lowest BCUT2D eigenvalue weighted by atomic mass is 9.95. The van der Waals surface area contributed by atoms with Crippen LogP contribution in [-0.4, -0.2) is 24.3 Å². The molecule has 0 aliphatic rings. The molecule has 2 nitrogen and oxygen atoms in total. The number of hydrogen-bond acceptors (Lipinski definition) is 2. The normalized spacial score (nSPS) is 16.4. The summed E-state index contributed by atoms with van der Waals surface area (Å²) < 4.78 is 0. The van der Waals surface area contributed by atoms with Crippen molar-refractivity contribution in [3.05, 3.63) is 0 Å². The van der Waals surface area contributed by atoms with Gasteiger partial charge in [0.2, 0.25) is 0 Å². The third kappa shape index (κ3) is 6.32. The number of aliphatic hydroxyl groups is 1. The highest BCUT2D eigenvalue weighted by Crippen LogP contribution is 2.16. The lowest BCUT2D eigenvalue weighted by molar-refractivity contribution is 0.0405. The highest BCUT2D eigenvalue weighted by atomic mass is 16.3. The Labute approximate surface area is 70.0 Å². The van der Waals surface area contributed by atoms with Gasteiger partial charge in [0.15, 0.2) is 0 Å². The van der Waals surface area contributed by atoms with Gasteiger partial charge in [0.25, 0.3) is 0 Å². The Morgan fingerprint density at radius 3 is 2.45 bits per heavy atom. The van der Waals surface area contributed by atoms with Crippen LogP contribution < -0.4 is 5.32 Å². The maximum atomic E-state index is 9.74. The zero-order valence-electron chi connectivity index (χ0n) is 7.98. The summed E-state index contributed by atoms with van der Waals surface area (Å²) in [6, 6.07) is 0. The fourth-order valence-corrected chi connectivity index (χ4v) is 1.08. The van der Waals surface area contributed by atoms with Gasteiger partial charge in [-0.05, 0) is 33.4 Å². The number of nitrogens with one attached hydrogen (secondary N) is 1. The van der Waals surface area contributed by atoms with E-state index in [1.54, 1.807) is 0 Å². The van der Waals surface area contributed by atoms with Crippen LogP contribution in [0.25, 0.3) is 0 Å². The van der Waals surface area contributed by atoms with Gasteiger partial charge in [0.1, 0.15) is 0 Å². The van der Waals surface area contributed by atoms with Crippen molar-refractivity contribution < 1.29 is 5.11 Å². The molecule has 0 spiro atoms. The first-order valence-corrected chi connectivity index (χ1v) is 4.49. The molecule has 0 radical (unpaired) electrons. The van der Waals surface area contributed by atoms with Gasteiger partial charge < -0.3 is 10.4 Å². The maximum Gasteiger partial charge on any atom is 0.0631 e. The molecule has 0 aliphatic heterocycles. The molecule has 0 rings (SSSR count). The van der Waals surface area contributed by atoms with Gasteiger partial charge in [0, 0.05) is 0 Å². The minimum absolute atomic E-state index is 0.459. The minimum Gasteiger partial charge on any atom is -0.390 e. The molecule has 0 aromatic carbocycles. The van der Waals surface area contributed by atoms with Gasteiger partial charge >= 0.3 is 0 Å². The van der Waals surface area contributed by atoms with Gasteiger partial charge in [0.05, 0.1) is 5.60 Å². The van der Waals surface area contributed by atoms with Crippen LogP contribution in [0.3, 0.4) is 0 Å². The summed E-state index contributed by atoms with van der Waals surface area (Å²) in [6.07, 6.45) is 4.06. The second kappa shape index (κ2) is 5.56. The van der Waals surface area contributed by atoms with Crippen LogP contribution in [0, 0.1) is 0 Å². The highest BCUT2D eigenvalue weighted by molar-refractivity contribution is 4.72. The first-order chi connectivity index (χ1) is 5.12. The molecule has 1 unspecified atom stereocenters. The molecule has 0 aliphatic carbocycles. The van der Waals surface area contributed by atoms with Gasteiger partial charge in [-0.25, -0.2) is 0 Å². The smallest absolute Gasteiger partial charge is 0.0631 e. The van der Waals surface area contributed by atoms with Gasteiger partial charge in [-0.15, -0.1) is 0 Å². The molecule has 0 heterocycles. The summed E-state index contributed by atoms with van der Waals surface area (Å²) in [5.41, 5.74) is -0.459. The Bertz CT molecular complexity index is 81.6. The van der Waals surface area contributed by atoms with E-state index in [1.165, 1.54) is 0 Å². The molecule has 0 bridgehead atoms. The van der Waals surface area contributed by atoms with E-state index in [-0.39, 0.29) is 0 Å². The molecule has 0 saturated heterocycles. The van der Waals surface area contributed by atoms with E-state index in [4.69, 9.17) is 0 Å². The molecule has 0 amide bonds. The lowest BCUT2D eigenvalue weighted by Crippen LogP contribution is -2.28. The van der Waals surface area contributed by atoms with E-state index in [0.29, 0.717) is 0 Å². The Hall–Kier alpha value is -0.0800. The first kappa shape index (κ1) is 10.9. The summed E-state index contributed by atoms with van der Waals surface area (Å²) >= 11 is 0. The van der Waals surface area contributed by atoms with Crippen LogP contribution in [0.2, 0.25) is 0 Å². The molecule has 0 fully saturated rings. The zero-order valence-corrected chi connectivity index (χ0v) is 7.98. The van der Waals surface area contributed by atoms with Crippen molar-refractivity contribution >= 4 is 0 Å². The summed E-state index contributed by atoms with van der Waals surface area (Å²) in [5.74, 6) is 0. The van der Waals surface area contributed by atoms with Crippen molar-refractivity contribution in [3.8, 4) is 0 Å². The molecule has 0 aromatic heterocycles. The predicted molar refractivity (Wildman–Crippen MR) is 48.7 cm³/mol. The lowest BCUT2D eigenvalue weighted by Gasteiger charge is -2.22.